The van der Waals surface area contributed by atoms with Crippen LogP contribution in [-0.4, -0.2) is 71.5 Å². The average molecular weight is 322 g/mol. The normalized spacial score (nSPS) is 11.5. The Hall–Kier alpha value is -0.930. The van der Waals surface area contributed by atoms with Crippen molar-refractivity contribution in [2.75, 3.05) is 59.8 Å². The van der Waals surface area contributed by atoms with Gasteiger partial charge >= 0.3 is 6.09 Å². The number of ether oxygens (including phenoxy) is 4. The van der Waals surface area contributed by atoms with E-state index < -0.39 is 11.7 Å². The summed E-state index contributed by atoms with van der Waals surface area (Å²) in [7, 11) is 1.88. The minimum atomic E-state index is -0.617. The van der Waals surface area contributed by atoms with Crippen LogP contribution < -0.4 is 10.8 Å². The third-order valence-electron chi connectivity index (χ3n) is 2.12. The molecule has 132 valence electrons. The first kappa shape index (κ1) is 21.1. The molecule has 0 heterocycles. The third kappa shape index (κ3) is 17.1. The molecule has 0 aromatic rings. The second-order valence-electron chi connectivity index (χ2n) is 5.39. The van der Waals surface area contributed by atoms with Gasteiger partial charge in [0.25, 0.3) is 0 Å². The Balaban J connectivity index is 3.16. The minimum Gasteiger partial charge on any atom is -0.442 e. The first-order valence-corrected chi connectivity index (χ1v) is 7.44. The van der Waals surface area contributed by atoms with Crippen LogP contribution in [0.5, 0.6) is 0 Å². The molecule has 0 aliphatic heterocycles. The number of rotatable bonds is 13. The van der Waals surface area contributed by atoms with Gasteiger partial charge in [-0.2, -0.15) is 5.48 Å². The first-order valence-electron chi connectivity index (χ1n) is 7.44. The second-order valence-corrected chi connectivity index (χ2v) is 5.39. The predicted octanol–water partition coefficient (Wildman–Crippen LogP) is 0.712. The van der Waals surface area contributed by atoms with E-state index in [0.29, 0.717) is 39.6 Å². The lowest BCUT2D eigenvalue weighted by atomic mass is 10.2. The fraction of sp³-hybridized carbons (Fsp3) is 0.929. The van der Waals surface area contributed by atoms with E-state index in [1.807, 2.05) is 7.05 Å². The Labute approximate surface area is 132 Å². The molecular formula is C14H30N2O6. The summed E-state index contributed by atoms with van der Waals surface area (Å²) in [5.74, 6) is 0. The largest absolute Gasteiger partial charge is 0.442 e. The van der Waals surface area contributed by atoms with Gasteiger partial charge in [-0.1, -0.05) is 0 Å². The number of hydrogen-bond acceptors (Lipinski definition) is 7. The molecule has 22 heavy (non-hydrogen) atoms. The molecule has 8 heteroatoms. The molecule has 0 aliphatic rings. The first-order chi connectivity index (χ1) is 10.5. The van der Waals surface area contributed by atoms with E-state index in [-0.39, 0.29) is 6.61 Å². The fourth-order valence-corrected chi connectivity index (χ4v) is 1.23. The second kappa shape index (κ2) is 13.7. The number of carbonyl (C=O) groups is 1. The monoisotopic (exact) mass is 322 g/mol. The summed E-state index contributed by atoms with van der Waals surface area (Å²) in [5, 5.41) is 2.99. The van der Waals surface area contributed by atoms with E-state index in [2.05, 4.69) is 10.8 Å². The van der Waals surface area contributed by atoms with Crippen LogP contribution in [0.3, 0.4) is 0 Å². The maximum Gasteiger partial charge on any atom is 0.431 e. The molecule has 2 N–H and O–H groups in total. The van der Waals surface area contributed by atoms with Crippen molar-refractivity contribution in [2.24, 2.45) is 0 Å². The Morgan fingerprint density at radius 3 is 1.86 bits per heavy atom. The summed E-state index contributed by atoms with van der Waals surface area (Å²) in [4.78, 5) is 16.1. The van der Waals surface area contributed by atoms with Crippen LogP contribution in [0.25, 0.3) is 0 Å². The lowest BCUT2D eigenvalue weighted by molar-refractivity contribution is -0.0353. The van der Waals surface area contributed by atoms with Gasteiger partial charge in [0, 0.05) is 6.54 Å². The SMILES string of the molecule is CNCCOCCOCCOCCONC(=O)OC(C)(C)C. The van der Waals surface area contributed by atoms with Crippen molar-refractivity contribution in [3.63, 3.8) is 0 Å². The van der Waals surface area contributed by atoms with Gasteiger partial charge in [0.05, 0.1) is 46.2 Å². The van der Waals surface area contributed by atoms with Crippen LogP contribution in [0.15, 0.2) is 0 Å². The van der Waals surface area contributed by atoms with Crippen LogP contribution in [0, 0.1) is 0 Å². The van der Waals surface area contributed by atoms with Gasteiger partial charge in [-0.3, -0.25) is 4.84 Å². The molecular weight excluding hydrogens is 292 g/mol. The fourth-order valence-electron chi connectivity index (χ4n) is 1.23. The van der Waals surface area contributed by atoms with E-state index >= 15 is 0 Å². The summed E-state index contributed by atoms with van der Waals surface area (Å²) in [5.41, 5.74) is 1.64. The van der Waals surface area contributed by atoms with Crippen molar-refractivity contribution in [2.45, 2.75) is 26.4 Å². The zero-order valence-corrected chi connectivity index (χ0v) is 14.1. The molecule has 8 nitrogen and oxygen atoms in total. The summed E-state index contributed by atoms with van der Waals surface area (Å²) < 4.78 is 20.9. The van der Waals surface area contributed by atoms with Gasteiger partial charge in [0.2, 0.25) is 0 Å². The Morgan fingerprint density at radius 2 is 1.36 bits per heavy atom. The average Bonchev–Trinajstić information content (AvgIpc) is 2.42. The lowest BCUT2D eigenvalue weighted by Crippen LogP contribution is -2.33. The van der Waals surface area contributed by atoms with Crippen molar-refractivity contribution in [3.8, 4) is 0 Å². The smallest absolute Gasteiger partial charge is 0.431 e. The predicted molar refractivity (Wildman–Crippen MR) is 81.7 cm³/mol. The highest BCUT2D eigenvalue weighted by molar-refractivity contribution is 5.66. The van der Waals surface area contributed by atoms with Gasteiger partial charge in [-0.05, 0) is 27.8 Å². The van der Waals surface area contributed by atoms with Crippen LogP contribution in [0.4, 0.5) is 4.79 Å². The van der Waals surface area contributed by atoms with Crippen molar-refractivity contribution in [1.29, 1.82) is 0 Å². The van der Waals surface area contributed by atoms with E-state index in [9.17, 15) is 4.79 Å². The van der Waals surface area contributed by atoms with Gasteiger partial charge in [0.1, 0.15) is 5.60 Å². The number of amides is 1. The Morgan fingerprint density at radius 1 is 0.864 bits per heavy atom. The van der Waals surface area contributed by atoms with Crippen LogP contribution >= 0.6 is 0 Å². The lowest BCUT2D eigenvalue weighted by Gasteiger charge is -2.19. The summed E-state index contributed by atoms with van der Waals surface area (Å²) in [6.45, 7) is 9.53. The zero-order chi connectivity index (χ0) is 16.7. The summed E-state index contributed by atoms with van der Waals surface area (Å²) in [6, 6.07) is 0. The maximum atomic E-state index is 11.2. The molecule has 0 rings (SSSR count). The standard InChI is InChI=1S/C14H30N2O6/c1-14(2,3)22-13(17)16-21-12-11-20-10-9-19-8-7-18-6-5-15-4/h15H,5-12H2,1-4H3,(H,16,17). The number of carbonyl (C=O) groups excluding carboxylic acids is 1. The molecule has 0 spiro atoms. The number of nitrogens with one attached hydrogen (secondary N) is 2. The zero-order valence-electron chi connectivity index (χ0n) is 14.1. The maximum absolute atomic E-state index is 11.2. The van der Waals surface area contributed by atoms with Crippen molar-refractivity contribution in [1.82, 2.24) is 10.8 Å². The van der Waals surface area contributed by atoms with Crippen LogP contribution in [0.1, 0.15) is 20.8 Å². The number of hydrogen-bond donors (Lipinski definition) is 2. The van der Waals surface area contributed by atoms with Gasteiger partial charge < -0.3 is 24.3 Å². The molecule has 1 amide bonds. The molecule has 0 unspecified atom stereocenters. The van der Waals surface area contributed by atoms with Crippen LogP contribution in [0.2, 0.25) is 0 Å². The molecule has 0 atom stereocenters. The Bertz CT molecular complexity index is 271. The molecule has 0 aliphatic carbocycles. The number of likely N-dealkylation sites (N-methyl/N-ethyl adjacent to an activating group) is 1. The molecule has 0 aromatic carbocycles. The number of hydroxylamine groups is 1. The van der Waals surface area contributed by atoms with E-state index in [1.165, 1.54) is 0 Å². The van der Waals surface area contributed by atoms with Crippen molar-refractivity contribution in [3.05, 3.63) is 0 Å². The molecule has 0 saturated carbocycles. The molecule has 0 fully saturated rings. The Kier molecular flexibility index (Phi) is 13.1. The van der Waals surface area contributed by atoms with Crippen molar-refractivity contribution >= 4 is 6.09 Å². The summed E-state index contributed by atoms with van der Waals surface area (Å²) in [6.07, 6.45) is -0.617. The van der Waals surface area contributed by atoms with Gasteiger partial charge in [-0.15, -0.1) is 0 Å². The summed E-state index contributed by atoms with van der Waals surface area (Å²) >= 11 is 0. The topological polar surface area (TPSA) is 87.3 Å². The van der Waals surface area contributed by atoms with Gasteiger partial charge in [0.15, 0.2) is 0 Å². The minimum absolute atomic E-state index is 0.242. The highest BCUT2D eigenvalue weighted by atomic mass is 16.7. The van der Waals surface area contributed by atoms with Gasteiger partial charge in [-0.25, -0.2) is 4.79 Å². The molecule has 0 radical (unpaired) electrons. The molecule has 0 bridgehead atoms. The van der Waals surface area contributed by atoms with E-state index in [1.54, 1.807) is 20.8 Å². The quantitative estimate of drug-likeness (QED) is 0.381. The highest BCUT2D eigenvalue weighted by Gasteiger charge is 2.15. The van der Waals surface area contributed by atoms with Crippen molar-refractivity contribution < 1.29 is 28.6 Å². The van der Waals surface area contributed by atoms with Crippen LogP contribution in [-0.2, 0) is 23.8 Å². The van der Waals surface area contributed by atoms with E-state index in [0.717, 1.165) is 6.54 Å². The molecule has 0 aromatic heterocycles. The third-order valence-corrected chi connectivity index (χ3v) is 2.12. The highest BCUT2D eigenvalue weighted by Crippen LogP contribution is 2.06. The molecule has 0 saturated heterocycles. The van der Waals surface area contributed by atoms with E-state index in [4.69, 9.17) is 23.8 Å².